The third kappa shape index (κ3) is 2.19. The zero-order chi connectivity index (χ0) is 15.5. The molecule has 3 aromatic rings. The molecule has 3 heterocycles. The maximum Gasteiger partial charge on any atom is 0.283 e. The van der Waals surface area contributed by atoms with Crippen LogP contribution in [0.2, 0.25) is 0 Å². The normalized spacial score (nSPS) is 10.1. The number of rotatable bonds is 3. The molecule has 0 fully saturated rings. The van der Waals surface area contributed by atoms with Gasteiger partial charge in [0.25, 0.3) is 5.56 Å². The Balaban J connectivity index is 2.18. The molecule has 0 aliphatic carbocycles. The first kappa shape index (κ1) is 13.5. The molecular formula is C15H9N5O2. The number of hydrogen-bond acceptors (Lipinski definition) is 5. The highest BCUT2D eigenvalue weighted by Crippen LogP contribution is 2.11. The largest absolute Gasteiger partial charge is 0.288 e. The number of nitriles is 1. The minimum absolute atomic E-state index is 0.0800. The first-order chi connectivity index (χ1) is 10.7. The van der Waals surface area contributed by atoms with Crippen LogP contribution >= 0.6 is 0 Å². The van der Waals surface area contributed by atoms with Crippen molar-refractivity contribution in [3.63, 3.8) is 0 Å². The number of H-pyrrole nitrogens is 1. The number of ketones is 1. The standard InChI is InChI=1S/C15H9N5O2/c16-9-12-13(14(21)10-1-5-17-6-2-10)15(22)20(19-12)11-3-7-18-8-4-11/h1-8,19H. The quantitative estimate of drug-likeness (QED) is 0.726. The van der Waals surface area contributed by atoms with Crippen LogP contribution < -0.4 is 5.56 Å². The topological polar surface area (TPSA) is 104 Å². The second-order valence-corrected chi connectivity index (χ2v) is 4.38. The van der Waals surface area contributed by atoms with Gasteiger partial charge in [-0.3, -0.25) is 24.7 Å². The van der Waals surface area contributed by atoms with Crippen molar-refractivity contribution in [1.29, 1.82) is 5.26 Å². The van der Waals surface area contributed by atoms with E-state index in [0.717, 1.165) is 4.68 Å². The summed E-state index contributed by atoms with van der Waals surface area (Å²) in [6.07, 6.45) is 5.93. The minimum atomic E-state index is -0.579. The summed E-state index contributed by atoms with van der Waals surface area (Å²) in [5.41, 5.74) is -0.0616. The SMILES string of the molecule is N#Cc1[nH]n(-c2ccncc2)c(=O)c1C(=O)c1ccncc1. The molecule has 0 saturated heterocycles. The molecule has 0 aromatic carbocycles. The van der Waals surface area contributed by atoms with E-state index < -0.39 is 11.3 Å². The average molecular weight is 291 g/mol. The van der Waals surface area contributed by atoms with Gasteiger partial charge in [0.15, 0.2) is 0 Å². The monoisotopic (exact) mass is 291 g/mol. The van der Waals surface area contributed by atoms with E-state index in [2.05, 4.69) is 15.1 Å². The Bertz CT molecular complexity index is 920. The molecule has 106 valence electrons. The number of carbonyl (C=O) groups is 1. The number of hydrogen-bond donors (Lipinski definition) is 1. The van der Waals surface area contributed by atoms with Gasteiger partial charge >= 0.3 is 0 Å². The van der Waals surface area contributed by atoms with Crippen LogP contribution in [0.25, 0.3) is 5.69 Å². The molecule has 0 amide bonds. The summed E-state index contributed by atoms with van der Waals surface area (Å²) < 4.78 is 1.15. The summed E-state index contributed by atoms with van der Waals surface area (Å²) in [6.45, 7) is 0. The molecule has 0 saturated carbocycles. The predicted octanol–water partition coefficient (Wildman–Crippen LogP) is 1.06. The van der Waals surface area contributed by atoms with E-state index >= 15 is 0 Å². The van der Waals surface area contributed by atoms with Crippen molar-refractivity contribution < 1.29 is 4.79 Å². The lowest BCUT2D eigenvalue weighted by molar-refractivity contribution is 0.103. The number of aromatic nitrogens is 4. The average Bonchev–Trinajstić information content (AvgIpc) is 2.92. The lowest BCUT2D eigenvalue weighted by atomic mass is 10.1. The Morgan fingerprint density at radius 3 is 2.27 bits per heavy atom. The van der Waals surface area contributed by atoms with Gasteiger partial charge in [0.2, 0.25) is 5.78 Å². The number of nitrogens with one attached hydrogen (secondary N) is 1. The van der Waals surface area contributed by atoms with E-state index in [9.17, 15) is 14.9 Å². The molecular weight excluding hydrogens is 282 g/mol. The van der Waals surface area contributed by atoms with Crippen molar-refractivity contribution >= 4 is 5.78 Å². The fourth-order valence-corrected chi connectivity index (χ4v) is 2.05. The zero-order valence-corrected chi connectivity index (χ0v) is 11.2. The maximum absolute atomic E-state index is 12.5. The molecule has 0 spiro atoms. The minimum Gasteiger partial charge on any atom is -0.288 e. The second kappa shape index (κ2) is 5.46. The molecule has 0 radical (unpaired) electrons. The third-order valence-corrected chi connectivity index (χ3v) is 3.09. The summed E-state index contributed by atoms with van der Waals surface area (Å²) in [4.78, 5) is 32.6. The molecule has 0 unspecified atom stereocenters. The Labute approximate surface area is 124 Å². The Morgan fingerprint density at radius 2 is 1.68 bits per heavy atom. The number of aromatic amines is 1. The van der Waals surface area contributed by atoms with E-state index in [4.69, 9.17) is 0 Å². The molecule has 7 heteroatoms. The zero-order valence-electron chi connectivity index (χ0n) is 11.2. The van der Waals surface area contributed by atoms with E-state index in [1.54, 1.807) is 12.1 Å². The summed E-state index contributed by atoms with van der Waals surface area (Å²) in [6, 6.07) is 8.03. The first-order valence-electron chi connectivity index (χ1n) is 6.32. The fourth-order valence-electron chi connectivity index (χ4n) is 2.05. The molecule has 1 N–H and O–H groups in total. The highest BCUT2D eigenvalue weighted by atomic mass is 16.2. The molecule has 3 rings (SSSR count). The van der Waals surface area contributed by atoms with Gasteiger partial charge in [-0.2, -0.15) is 5.26 Å². The summed E-state index contributed by atoms with van der Waals surface area (Å²) >= 11 is 0. The van der Waals surface area contributed by atoms with Crippen LogP contribution in [0.1, 0.15) is 21.6 Å². The number of pyridine rings is 2. The van der Waals surface area contributed by atoms with Crippen LogP contribution in [-0.2, 0) is 0 Å². The number of nitrogens with zero attached hydrogens (tertiary/aromatic N) is 4. The van der Waals surface area contributed by atoms with Crippen molar-refractivity contribution in [2.75, 3.05) is 0 Å². The highest BCUT2D eigenvalue weighted by Gasteiger charge is 2.22. The van der Waals surface area contributed by atoms with E-state index in [1.807, 2.05) is 6.07 Å². The van der Waals surface area contributed by atoms with Gasteiger partial charge in [-0.05, 0) is 24.3 Å². The van der Waals surface area contributed by atoms with Gasteiger partial charge in [0, 0.05) is 30.4 Å². The molecule has 22 heavy (non-hydrogen) atoms. The molecule has 7 nitrogen and oxygen atoms in total. The molecule has 0 aliphatic rings. The van der Waals surface area contributed by atoms with Crippen LogP contribution in [0.5, 0.6) is 0 Å². The first-order valence-corrected chi connectivity index (χ1v) is 6.32. The Kier molecular flexibility index (Phi) is 3.34. The van der Waals surface area contributed by atoms with E-state index in [-0.39, 0.29) is 11.3 Å². The fraction of sp³-hybridized carbons (Fsp3) is 0. The lowest BCUT2D eigenvalue weighted by Gasteiger charge is -1.99. The van der Waals surface area contributed by atoms with Crippen molar-refractivity contribution in [2.24, 2.45) is 0 Å². The highest BCUT2D eigenvalue weighted by molar-refractivity contribution is 6.09. The van der Waals surface area contributed by atoms with Crippen molar-refractivity contribution in [3.8, 4) is 11.8 Å². The summed E-state index contributed by atoms with van der Waals surface area (Å²) in [5, 5.41) is 11.8. The van der Waals surface area contributed by atoms with Crippen LogP contribution in [0.4, 0.5) is 0 Å². The predicted molar refractivity (Wildman–Crippen MR) is 76.6 cm³/mol. The second-order valence-electron chi connectivity index (χ2n) is 4.38. The van der Waals surface area contributed by atoms with Gasteiger partial charge < -0.3 is 0 Å². The van der Waals surface area contributed by atoms with Crippen LogP contribution in [0.3, 0.4) is 0 Å². The van der Waals surface area contributed by atoms with Crippen molar-refractivity contribution in [2.45, 2.75) is 0 Å². The number of carbonyl (C=O) groups excluding carboxylic acids is 1. The van der Waals surface area contributed by atoms with Gasteiger partial charge in [-0.25, -0.2) is 4.68 Å². The Hall–Kier alpha value is -3.53. The molecule has 0 atom stereocenters. The lowest BCUT2D eigenvalue weighted by Crippen LogP contribution is -2.21. The van der Waals surface area contributed by atoms with Crippen LogP contribution in [-0.4, -0.2) is 25.5 Å². The third-order valence-electron chi connectivity index (χ3n) is 3.09. The van der Waals surface area contributed by atoms with E-state index in [0.29, 0.717) is 11.3 Å². The van der Waals surface area contributed by atoms with Crippen molar-refractivity contribution in [3.05, 3.63) is 76.2 Å². The molecule has 0 aliphatic heterocycles. The summed E-state index contributed by atoms with van der Waals surface area (Å²) in [7, 11) is 0. The molecule has 3 aromatic heterocycles. The maximum atomic E-state index is 12.5. The molecule has 0 bridgehead atoms. The van der Waals surface area contributed by atoms with Gasteiger partial charge in [0.05, 0.1) is 5.69 Å². The Morgan fingerprint density at radius 1 is 1.09 bits per heavy atom. The van der Waals surface area contributed by atoms with E-state index in [1.165, 1.54) is 36.9 Å². The van der Waals surface area contributed by atoms with Crippen LogP contribution in [0.15, 0.2) is 53.8 Å². The van der Waals surface area contributed by atoms with Crippen molar-refractivity contribution in [1.82, 2.24) is 19.7 Å². The van der Waals surface area contributed by atoms with Gasteiger partial charge in [0.1, 0.15) is 17.3 Å². The van der Waals surface area contributed by atoms with Crippen LogP contribution in [0, 0.1) is 11.3 Å². The summed E-state index contributed by atoms with van der Waals surface area (Å²) in [5.74, 6) is -0.520. The van der Waals surface area contributed by atoms with Gasteiger partial charge in [-0.15, -0.1) is 0 Å². The smallest absolute Gasteiger partial charge is 0.283 e. The van der Waals surface area contributed by atoms with Gasteiger partial charge in [-0.1, -0.05) is 0 Å².